The van der Waals surface area contributed by atoms with E-state index in [4.69, 9.17) is 32.7 Å². The number of carbonyl (C=O) groups is 3. The Bertz CT molecular complexity index is 1320. The Hall–Kier alpha value is -4.15. The van der Waals surface area contributed by atoms with Gasteiger partial charge in [-0.3, -0.25) is 14.4 Å². The number of ether oxygens (including phenoxy) is 2. The first-order chi connectivity index (χ1) is 17.7. The molecule has 0 aliphatic carbocycles. The molecule has 0 heterocycles. The molecule has 0 aliphatic rings. The molecule has 12 heteroatoms. The van der Waals surface area contributed by atoms with Crippen molar-refractivity contribution in [2.24, 2.45) is 5.10 Å². The highest BCUT2D eigenvalue weighted by molar-refractivity contribution is 6.39. The first kappa shape index (κ1) is 27.4. The Morgan fingerprint density at radius 1 is 0.919 bits per heavy atom. The highest BCUT2D eigenvalue weighted by Gasteiger charge is 2.15. The topological polar surface area (TPSA) is 118 Å². The summed E-state index contributed by atoms with van der Waals surface area (Å²) in [4.78, 5) is 36.1. The fourth-order valence-corrected chi connectivity index (χ4v) is 3.44. The van der Waals surface area contributed by atoms with E-state index in [9.17, 15) is 18.8 Å². The quantitative estimate of drug-likeness (QED) is 0.205. The zero-order chi connectivity index (χ0) is 26.8. The maximum atomic E-state index is 13.6. The van der Waals surface area contributed by atoms with Gasteiger partial charge in [-0.2, -0.15) is 5.10 Å². The minimum atomic E-state index is -1.09. The molecule has 9 nitrogen and oxygen atoms in total. The van der Waals surface area contributed by atoms with Crippen LogP contribution in [0.15, 0.2) is 65.8 Å². The number of nitrogens with one attached hydrogen (secondary N) is 3. The van der Waals surface area contributed by atoms with Crippen molar-refractivity contribution in [3.05, 3.63) is 82.1 Å². The highest BCUT2D eigenvalue weighted by atomic mass is 35.5. The first-order valence-corrected chi connectivity index (χ1v) is 11.5. The van der Waals surface area contributed by atoms with E-state index in [-0.39, 0.29) is 12.3 Å². The van der Waals surface area contributed by atoms with Crippen molar-refractivity contribution in [3.63, 3.8) is 0 Å². The number of hydrazone groups is 1. The van der Waals surface area contributed by atoms with Crippen LogP contribution in [-0.4, -0.2) is 37.1 Å². The maximum absolute atomic E-state index is 13.6. The normalized spacial score (nSPS) is 10.6. The van der Waals surface area contributed by atoms with Gasteiger partial charge in [0.15, 0.2) is 18.1 Å². The van der Waals surface area contributed by atoms with Gasteiger partial charge in [0.1, 0.15) is 5.82 Å². The molecule has 3 aromatic rings. The van der Waals surface area contributed by atoms with E-state index < -0.39 is 23.5 Å². The summed E-state index contributed by atoms with van der Waals surface area (Å²) in [5, 5.41) is 9.27. The summed E-state index contributed by atoms with van der Waals surface area (Å²) in [6, 6.07) is 14.8. The molecule has 0 atom stereocenters. The van der Waals surface area contributed by atoms with Gasteiger partial charge >= 0.3 is 11.8 Å². The number of carbonyl (C=O) groups excluding carboxylic acids is 3. The Kier molecular flexibility index (Phi) is 9.82. The summed E-state index contributed by atoms with van der Waals surface area (Å²) < 4.78 is 24.8. The molecule has 37 heavy (non-hydrogen) atoms. The van der Waals surface area contributed by atoms with Crippen LogP contribution in [-0.2, 0) is 14.4 Å². The van der Waals surface area contributed by atoms with Crippen LogP contribution >= 0.6 is 23.2 Å². The maximum Gasteiger partial charge on any atom is 0.329 e. The molecule has 3 rings (SSSR count). The van der Waals surface area contributed by atoms with Crippen LogP contribution in [0.3, 0.4) is 0 Å². The van der Waals surface area contributed by atoms with Gasteiger partial charge in [0.25, 0.3) is 5.91 Å². The van der Waals surface area contributed by atoms with E-state index in [2.05, 4.69) is 21.2 Å². The molecule has 192 valence electrons. The smallest absolute Gasteiger partial charge is 0.329 e. The molecule has 0 saturated carbocycles. The Labute approximate surface area is 221 Å². The van der Waals surface area contributed by atoms with Crippen LogP contribution in [0.5, 0.6) is 11.5 Å². The number of nitrogens with zero attached hydrogens (tertiary/aromatic N) is 1. The summed E-state index contributed by atoms with van der Waals surface area (Å²) in [5.41, 5.74) is 2.86. The fourth-order valence-electron chi connectivity index (χ4n) is 2.92. The predicted octanol–water partition coefficient (Wildman–Crippen LogP) is 4.64. The summed E-state index contributed by atoms with van der Waals surface area (Å²) in [6.07, 6.45) is 1.27. The van der Waals surface area contributed by atoms with E-state index >= 15 is 0 Å². The molecular formula is C25H21Cl2FN4O5. The standard InChI is InChI=1S/C25H21Cl2FN4O5/c1-2-36-22-9-15(13-29-32-25(35)24(34)31-20-6-4-3-5-19(20)28)7-8-21(22)37-14-23(33)30-18-11-16(26)10-17(27)12-18/h3-13H,2,14H2,1H3,(H,30,33)(H,31,34)(H,32,35)/b29-13-. The highest BCUT2D eigenvalue weighted by Crippen LogP contribution is 2.28. The van der Waals surface area contributed by atoms with E-state index in [0.717, 1.165) is 6.07 Å². The Morgan fingerprint density at radius 3 is 2.35 bits per heavy atom. The largest absolute Gasteiger partial charge is 0.490 e. The summed E-state index contributed by atoms with van der Waals surface area (Å²) in [7, 11) is 0. The number of anilines is 2. The van der Waals surface area contributed by atoms with Gasteiger partial charge in [-0.25, -0.2) is 9.82 Å². The third-order valence-electron chi connectivity index (χ3n) is 4.48. The van der Waals surface area contributed by atoms with Gasteiger partial charge in [-0.15, -0.1) is 0 Å². The van der Waals surface area contributed by atoms with Crippen molar-refractivity contribution in [3.8, 4) is 11.5 Å². The third kappa shape index (κ3) is 8.48. The molecule has 0 aliphatic heterocycles. The minimum Gasteiger partial charge on any atom is -0.490 e. The van der Waals surface area contributed by atoms with Gasteiger partial charge in [0.05, 0.1) is 18.5 Å². The first-order valence-electron chi connectivity index (χ1n) is 10.8. The van der Waals surface area contributed by atoms with E-state index in [1.165, 1.54) is 24.4 Å². The molecular weight excluding hydrogens is 526 g/mol. The molecule has 3 amide bonds. The van der Waals surface area contributed by atoms with E-state index in [1.807, 2.05) is 0 Å². The van der Waals surface area contributed by atoms with Gasteiger partial charge < -0.3 is 20.1 Å². The number of rotatable bonds is 9. The Morgan fingerprint density at radius 2 is 1.65 bits per heavy atom. The van der Waals surface area contributed by atoms with Crippen LogP contribution < -0.4 is 25.5 Å². The van der Waals surface area contributed by atoms with Crippen LogP contribution in [0.25, 0.3) is 0 Å². The second-order valence-electron chi connectivity index (χ2n) is 7.27. The SMILES string of the molecule is CCOc1cc(/C=N\NC(=O)C(=O)Nc2ccccc2F)ccc1OCC(=O)Nc1cc(Cl)cc(Cl)c1. The predicted molar refractivity (Wildman–Crippen MR) is 139 cm³/mol. The number of para-hydroxylation sites is 1. The minimum absolute atomic E-state index is 0.131. The number of amides is 3. The van der Waals surface area contributed by atoms with E-state index in [0.29, 0.717) is 39.4 Å². The number of halogens is 3. The Balaban J connectivity index is 1.57. The zero-order valence-corrected chi connectivity index (χ0v) is 20.9. The zero-order valence-electron chi connectivity index (χ0n) is 19.4. The van der Waals surface area contributed by atoms with E-state index in [1.54, 1.807) is 43.3 Å². The molecule has 3 aromatic carbocycles. The monoisotopic (exact) mass is 546 g/mol. The lowest BCUT2D eigenvalue weighted by atomic mass is 10.2. The molecule has 0 bridgehead atoms. The van der Waals surface area contributed by atoms with Crippen molar-refractivity contribution in [1.82, 2.24) is 5.43 Å². The van der Waals surface area contributed by atoms with Gasteiger partial charge in [0.2, 0.25) is 0 Å². The molecule has 0 fully saturated rings. The number of hydrogen-bond acceptors (Lipinski definition) is 6. The van der Waals surface area contributed by atoms with Crippen LogP contribution in [0.1, 0.15) is 12.5 Å². The molecule has 0 radical (unpaired) electrons. The van der Waals surface area contributed by atoms with Crippen molar-refractivity contribution < 1.29 is 28.2 Å². The summed E-state index contributed by atoms with van der Waals surface area (Å²) in [5.74, 6) is -2.66. The van der Waals surface area contributed by atoms with Crippen LogP contribution in [0, 0.1) is 5.82 Å². The third-order valence-corrected chi connectivity index (χ3v) is 4.92. The lowest BCUT2D eigenvalue weighted by Crippen LogP contribution is -2.32. The van der Waals surface area contributed by atoms with Crippen molar-refractivity contribution >= 4 is 58.5 Å². The van der Waals surface area contributed by atoms with Crippen LogP contribution in [0.2, 0.25) is 10.0 Å². The second kappa shape index (κ2) is 13.2. The fraction of sp³-hybridized carbons (Fsp3) is 0.120. The van der Waals surface area contributed by atoms with Crippen molar-refractivity contribution in [1.29, 1.82) is 0 Å². The molecule has 0 spiro atoms. The van der Waals surface area contributed by atoms with Crippen molar-refractivity contribution in [2.45, 2.75) is 6.92 Å². The lowest BCUT2D eigenvalue weighted by molar-refractivity contribution is -0.136. The van der Waals surface area contributed by atoms with Crippen molar-refractivity contribution in [2.75, 3.05) is 23.8 Å². The van der Waals surface area contributed by atoms with Gasteiger partial charge in [-0.1, -0.05) is 35.3 Å². The number of hydrogen-bond donors (Lipinski definition) is 3. The van der Waals surface area contributed by atoms with Crippen LogP contribution in [0.4, 0.5) is 15.8 Å². The molecule has 3 N–H and O–H groups in total. The molecule has 0 aromatic heterocycles. The average molecular weight is 547 g/mol. The van der Waals surface area contributed by atoms with Gasteiger partial charge in [-0.05, 0) is 61.0 Å². The summed E-state index contributed by atoms with van der Waals surface area (Å²) in [6.45, 7) is 1.77. The molecule has 0 saturated heterocycles. The second-order valence-corrected chi connectivity index (χ2v) is 8.14. The van der Waals surface area contributed by atoms with Gasteiger partial charge in [0, 0.05) is 15.7 Å². The number of benzene rings is 3. The molecule has 0 unspecified atom stereocenters. The lowest BCUT2D eigenvalue weighted by Gasteiger charge is -2.13. The average Bonchev–Trinajstić information content (AvgIpc) is 2.84. The summed E-state index contributed by atoms with van der Waals surface area (Å²) >= 11 is 11.9.